The maximum absolute atomic E-state index is 12.3. The molecule has 0 saturated carbocycles. The van der Waals surface area contributed by atoms with Crippen molar-refractivity contribution in [1.29, 1.82) is 0 Å². The maximum Gasteiger partial charge on any atom is 0.258 e. The highest BCUT2D eigenvalue weighted by molar-refractivity contribution is 7.98. The number of rotatable bonds is 5. The van der Waals surface area contributed by atoms with Crippen LogP contribution in [0.5, 0.6) is 5.75 Å². The van der Waals surface area contributed by atoms with Gasteiger partial charge >= 0.3 is 0 Å². The van der Waals surface area contributed by atoms with Gasteiger partial charge in [0.25, 0.3) is 5.56 Å². The van der Waals surface area contributed by atoms with Gasteiger partial charge in [-0.1, -0.05) is 35.5 Å². The number of aromatic nitrogens is 5. The predicted octanol–water partition coefficient (Wildman–Crippen LogP) is 3.67. The average Bonchev–Trinajstić information content (AvgIpc) is 3.06. The van der Waals surface area contributed by atoms with E-state index >= 15 is 0 Å². The Morgan fingerprint density at radius 2 is 2.04 bits per heavy atom. The molecule has 0 amide bonds. The van der Waals surface area contributed by atoms with Crippen LogP contribution in [0.4, 0.5) is 0 Å². The van der Waals surface area contributed by atoms with Crippen LogP contribution < -0.4 is 10.3 Å². The maximum atomic E-state index is 12.3. The van der Waals surface area contributed by atoms with Gasteiger partial charge in [0.15, 0.2) is 11.0 Å². The summed E-state index contributed by atoms with van der Waals surface area (Å²) in [4.78, 5) is 19.6. The minimum atomic E-state index is -0.190. The van der Waals surface area contributed by atoms with Crippen molar-refractivity contribution in [2.75, 3.05) is 7.11 Å². The third-order valence-electron chi connectivity index (χ3n) is 4.24. The molecule has 0 aliphatic rings. The van der Waals surface area contributed by atoms with Crippen LogP contribution in [0.1, 0.15) is 5.82 Å². The summed E-state index contributed by atoms with van der Waals surface area (Å²) >= 11 is 7.45. The zero-order valence-corrected chi connectivity index (χ0v) is 16.7. The van der Waals surface area contributed by atoms with Crippen LogP contribution in [0.25, 0.3) is 22.3 Å². The molecular formula is C19H16ClN5O2S. The summed E-state index contributed by atoms with van der Waals surface area (Å²) < 4.78 is 7.30. The van der Waals surface area contributed by atoms with E-state index in [2.05, 4.69) is 20.2 Å². The van der Waals surface area contributed by atoms with Crippen LogP contribution in [0.15, 0.2) is 52.4 Å². The Hall–Kier alpha value is -2.84. The number of ether oxygens (including phenoxy) is 1. The molecule has 0 spiro atoms. The molecule has 0 aliphatic carbocycles. The van der Waals surface area contributed by atoms with Crippen LogP contribution in [-0.4, -0.2) is 31.8 Å². The number of H-pyrrole nitrogens is 1. The molecule has 2 heterocycles. The third-order valence-corrected chi connectivity index (χ3v) is 5.50. The molecule has 4 aromatic rings. The molecule has 0 atom stereocenters. The first-order valence-electron chi connectivity index (χ1n) is 8.41. The van der Waals surface area contributed by atoms with Gasteiger partial charge in [0.1, 0.15) is 11.6 Å². The van der Waals surface area contributed by atoms with Crippen LogP contribution >= 0.6 is 23.4 Å². The lowest BCUT2D eigenvalue weighted by Crippen LogP contribution is -2.11. The van der Waals surface area contributed by atoms with Crippen molar-refractivity contribution in [3.8, 4) is 17.1 Å². The molecule has 28 heavy (non-hydrogen) atoms. The van der Waals surface area contributed by atoms with E-state index in [4.69, 9.17) is 16.3 Å². The van der Waals surface area contributed by atoms with Crippen molar-refractivity contribution in [2.45, 2.75) is 10.9 Å². The van der Waals surface area contributed by atoms with Gasteiger partial charge in [0.05, 0.1) is 29.3 Å². The van der Waals surface area contributed by atoms with Crippen molar-refractivity contribution in [3.05, 3.63) is 63.7 Å². The van der Waals surface area contributed by atoms with Crippen LogP contribution in [0.3, 0.4) is 0 Å². The number of hydrogen-bond acceptors (Lipinski definition) is 6. The normalized spacial score (nSPS) is 11.1. The highest BCUT2D eigenvalue weighted by Gasteiger charge is 2.15. The number of benzene rings is 2. The van der Waals surface area contributed by atoms with E-state index in [0.717, 1.165) is 11.3 Å². The van der Waals surface area contributed by atoms with Gasteiger partial charge in [-0.15, -0.1) is 10.2 Å². The fourth-order valence-electron chi connectivity index (χ4n) is 2.87. The van der Waals surface area contributed by atoms with Gasteiger partial charge in [-0.05, 0) is 30.3 Å². The molecule has 7 nitrogen and oxygen atoms in total. The van der Waals surface area contributed by atoms with E-state index in [9.17, 15) is 4.79 Å². The Labute approximate surface area is 169 Å². The Kier molecular flexibility index (Phi) is 5.06. The molecule has 0 bridgehead atoms. The van der Waals surface area contributed by atoms with Crippen molar-refractivity contribution in [2.24, 2.45) is 7.05 Å². The molecule has 0 fully saturated rings. The van der Waals surface area contributed by atoms with E-state index in [1.807, 2.05) is 35.9 Å². The van der Waals surface area contributed by atoms with Crippen molar-refractivity contribution < 1.29 is 4.74 Å². The number of nitrogens with one attached hydrogen (secondary N) is 1. The molecule has 2 aromatic heterocycles. The molecule has 142 valence electrons. The topological polar surface area (TPSA) is 85.7 Å². The average molecular weight is 414 g/mol. The predicted molar refractivity (Wildman–Crippen MR) is 110 cm³/mol. The lowest BCUT2D eigenvalue weighted by atomic mass is 10.2. The fourth-order valence-corrected chi connectivity index (χ4v) is 3.81. The lowest BCUT2D eigenvalue weighted by molar-refractivity contribution is 0.416. The molecule has 0 aliphatic heterocycles. The SMILES string of the molecule is COc1ccccc1-c1nnc(SCc2nc3cc(Cl)ccc3c(=O)[nH]2)n1C. The standard InChI is InChI=1S/C19H16ClN5O2S/c1-25-17(13-5-3-4-6-15(13)27-2)23-24-19(25)28-10-16-21-14-9-11(20)7-8-12(14)18(26)22-16/h3-9H,10H2,1-2H3,(H,21,22,26). The fraction of sp³-hybridized carbons (Fsp3) is 0.158. The number of aromatic amines is 1. The van der Waals surface area contributed by atoms with Crippen molar-refractivity contribution in [1.82, 2.24) is 24.7 Å². The van der Waals surface area contributed by atoms with Gasteiger partial charge in [-0.3, -0.25) is 4.79 Å². The van der Waals surface area contributed by atoms with Crippen molar-refractivity contribution >= 4 is 34.3 Å². The van der Waals surface area contributed by atoms with E-state index in [0.29, 0.717) is 38.5 Å². The second-order valence-corrected chi connectivity index (χ2v) is 7.41. The molecule has 0 saturated heterocycles. The van der Waals surface area contributed by atoms with E-state index < -0.39 is 0 Å². The smallest absolute Gasteiger partial charge is 0.258 e. The number of nitrogens with zero attached hydrogens (tertiary/aromatic N) is 4. The number of methoxy groups -OCH3 is 1. The number of halogens is 1. The van der Waals surface area contributed by atoms with Crippen LogP contribution in [0.2, 0.25) is 5.02 Å². The first-order valence-corrected chi connectivity index (χ1v) is 9.77. The summed E-state index contributed by atoms with van der Waals surface area (Å²) in [7, 11) is 3.51. The minimum absolute atomic E-state index is 0.190. The summed E-state index contributed by atoms with van der Waals surface area (Å²) in [6.45, 7) is 0. The number of thioether (sulfide) groups is 1. The third kappa shape index (κ3) is 3.48. The Bertz CT molecular complexity index is 1220. The van der Waals surface area contributed by atoms with E-state index in [1.54, 1.807) is 25.3 Å². The van der Waals surface area contributed by atoms with E-state index in [-0.39, 0.29) is 5.56 Å². The number of hydrogen-bond donors (Lipinski definition) is 1. The Morgan fingerprint density at radius 3 is 2.86 bits per heavy atom. The summed E-state index contributed by atoms with van der Waals surface area (Å²) in [5.74, 6) is 2.42. The summed E-state index contributed by atoms with van der Waals surface area (Å²) in [6, 6.07) is 12.7. The Morgan fingerprint density at radius 1 is 1.21 bits per heavy atom. The Balaban J connectivity index is 1.60. The first-order chi connectivity index (χ1) is 13.6. The zero-order chi connectivity index (χ0) is 19.7. The van der Waals surface area contributed by atoms with Gasteiger partial charge in [0.2, 0.25) is 0 Å². The zero-order valence-electron chi connectivity index (χ0n) is 15.1. The van der Waals surface area contributed by atoms with Gasteiger partial charge < -0.3 is 14.3 Å². The van der Waals surface area contributed by atoms with Crippen LogP contribution in [-0.2, 0) is 12.8 Å². The highest BCUT2D eigenvalue weighted by atomic mass is 35.5. The molecular weight excluding hydrogens is 398 g/mol. The highest BCUT2D eigenvalue weighted by Crippen LogP contribution is 2.30. The molecule has 0 unspecified atom stereocenters. The first kappa shape index (κ1) is 18.5. The minimum Gasteiger partial charge on any atom is -0.496 e. The summed E-state index contributed by atoms with van der Waals surface area (Å²) in [6.07, 6.45) is 0. The lowest BCUT2D eigenvalue weighted by Gasteiger charge is -2.08. The monoisotopic (exact) mass is 413 g/mol. The summed E-state index contributed by atoms with van der Waals surface area (Å²) in [5, 5.41) is 10.3. The number of para-hydroxylation sites is 1. The van der Waals surface area contributed by atoms with Crippen LogP contribution in [0, 0.1) is 0 Å². The quantitative estimate of drug-likeness (QED) is 0.502. The summed E-state index contributed by atoms with van der Waals surface area (Å²) in [5.41, 5.74) is 1.24. The molecule has 2 aromatic carbocycles. The molecule has 1 N–H and O–H groups in total. The van der Waals surface area contributed by atoms with Gasteiger partial charge in [-0.2, -0.15) is 0 Å². The number of fused-ring (bicyclic) bond motifs is 1. The molecule has 9 heteroatoms. The van der Waals surface area contributed by atoms with Gasteiger partial charge in [-0.25, -0.2) is 4.98 Å². The molecule has 4 rings (SSSR count). The van der Waals surface area contributed by atoms with Crippen molar-refractivity contribution in [3.63, 3.8) is 0 Å². The largest absolute Gasteiger partial charge is 0.496 e. The second kappa shape index (κ2) is 7.65. The second-order valence-electron chi connectivity index (χ2n) is 6.03. The molecule has 0 radical (unpaired) electrons. The van der Waals surface area contributed by atoms with E-state index in [1.165, 1.54) is 11.8 Å². The van der Waals surface area contributed by atoms with Gasteiger partial charge in [0, 0.05) is 12.1 Å².